The number of hydrogen-bond acceptors (Lipinski definition) is 4. The Hall–Kier alpha value is -0.870. The summed E-state index contributed by atoms with van der Waals surface area (Å²) in [6.07, 6.45) is 10.7. The van der Waals surface area contributed by atoms with Crippen LogP contribution in [0.4, 0.5) is 0 Å². The maximum atomic E-state index is 6.04. The second kappa shape index (κ2) is 12.0. The van der Waals surface area contributed by atoms with E-state index >= 15 is 0 Å². The minimum atomic E-state index is 0. The van der Waals surface area contributed by atoms with Gasteiger partial charge in [0.25, 0.3) is 0 Å². The number of nitrogens with zero attached hydrogens (tertiary/aromatic N) is 4. The van der Waals surface area contributed by atoms with E-state index in [4.69, 9.17) is 9.47 Å². The van der Waals surface area contributed by atoms with Gasteiger partial charge < -0.3 is 19.7 Å². The normalized spacial score (nSPS) is 22.2. The lowest BCUT2D eigenvalue weighted by atomic mass is 9.98. The number of morpholine rings is 1. The van der Waals surface area contributed by atoms with Crippen LogP contribution in [0.25, 0.3) is 0 Å². The molecule has 1 aliphatic heterocycles. The maximum Gasteiger partial charge on any atom is 0.193 e. The summed E-state index contributed by atoms with van der Waals surface area (Å²) in [5.41, 5.74) is 1.12. The molecule has 1 saturated carbocycles. The van der Waals surface area contributed by atoms with Crippen LogP contribution in [-0.2, 0) is 16.5 Å². The molecule has 2 unspecified atom stereocenters. The smallest absolute Gasteiger partial charge is 0.193 e. The van der Waals surface area contributed by atoms with Crippen molar-refractivity contribution >= 4 is 29.9 Å². The third kappa shape index (κ3) is 6.32. The van der Waals surface area contributed by atoms with Crippen LogP contribution in [0, 0.1) is 5.92 Å². The van der Waals surface area contributed by atoms with Crippen LogP contribution in [0.5, 0.6) is 0 Å². The number of rotatable bonds is 7. The Bertz CT molecular complexity index is 603. The fraction of sp³-hybridized carbons (Fsp3) is 0.800. The van der Waals surface area contributed by atoms with Gasteiger partial charge in [-0.15, -0.1) is 24.0 Å². The summed E-state index contributed by atoms with van der Waals surface area (Å²) in [5.74, 6) is 1.68. The van der Waals surface area contributed by atoms with Gasteiger partial charge in [-0.3, -0.25) is 9.67 Å². The van der Waals surface area contributed by atoms with Crippen molar-refractivity contribution in [3.8, 4) is 0 Å². The summed E-state index contributed by atoms with van der Waals surface area (Å²) < 4.78 is 13.8. The van der Waals surface area contributed by atoms with Crippen molar-refractivity contribution in [1.82, 2.24) is 20.0 Å². The fourth-order valence-corrected chi connectivity index (χ4v) is 4.31. The number of halogens is 1. The zero-order valence-corrected chi connectivity index (χ0v) is 19.8. The van der Waals surface area contributed by atoms with Crippen molar-refractivity contribution in [2.45, 2.75) is 51.2 Å². The Morgan fingerprint density at radius 1 is 1.43 bits per heavy atom. The van der Waals surface area contributed by atoms with Crippen LogP contribution in [-0.4, -0.2) is 66.6 Å². The van der Waals surface area contributed by atoms with Gasteiger partial charge in [-0.25, -0.2) is 0 Å². The first-order valence-corrected chi connectivity index (χ1v) is 10.4. The summed E-state index contributed by atoms with van der Waals surface area (Å²) in [4.78, 5) is 6.78. The number of aryl methyl sites for hydroxylation is 1. The summed E-state index contributed by atoms with van der Waals surface area (Å²) in [6, 6.07) is 0. The molecule has 7 nitrogen and oxygen atoms in total. The average Bonchev–Trinajstić information content (AvgIpc) is 3.36. The van der Waals surface area contributed by atoms with Crippen LogP contribution >= 0.6 is 24.0 Å². The number of guanidine groups is 1. The molecule has 0 aromatic carbocycles. The van der Waals surface area contributed by atoms with E-state index in [1.165, 1.54) is 25.7 Å². The molecular formula is C20H36IN5O2. The molecule has 2 heterocycles. The second-order valence-corrected chi connectivity index (χ2v) is 7.55. The van der Waals surface area contributed by atoms with Crippen LogP contribution in [0.1, 0.15) is 50.7 Å². The lowest BCUT2D eigenvalue weighted by molar-refractivity contribution is -0.00841. The zero-order valence-electron chi connectivity index (χ0n) is 17.5. The van der Waals surface area contributed by atoms with Gasteiger partial charge in [0.2, 0.25) is 0 Å². The zero-order chi connectivity index (χ0) is 19.1. The van der Waals surface area contributed by atoms with Crippen molar-refractivity contribution in [1.29, 1.82) is 0 Å². The summed E-state index contributed by atoms with van der Waals surface area (Å²) >= 11 is 0. The number of aromatic nitrogens is 2. The van der Waals surface area contributed by atoms with E-state index in [9.17, 15) is 0 Å². The number of aliphatic imine (C=N–C) groups is 1. The topological polar surface area (TPSA) is 63.9 Å². The van der Waals surface area contributed by atoms with Crippen molar-refractivity contribution in [3.05, 3.63) is 18.0 Å². The SMILES string of the molecule is CCOC(CCNC(=NC)N1CCOC(c2cnn(C)c2)C1)C1CCCC1.I. The van der Waals surface area contributed by atoms with Gasteiger partial charge in [-0.2, -0.15) is 5.10 Å². The van der Waals surface area contributed by atoms with E-state index in [2.05, 4.69) is 27.2 Å². The molecule has 1 aromatic rings. The summed E-state index contributed by atoms with van der Waals surface area (Å²) in [5, 5.41) is 7.81. The Labute approximate surface area is 186 Å². The van der Waals surface area contributed by atoms with E-state index in [1.807, 2.05) is 31.2 Å². The standard InChI is InChI=1S/C20H35N5O2.HI/c1-4-26-18(16-7-5-6-8-16)9-10-22-20(21-2)25-11-12-27-19(15-25)17-13-23-24(3)14-17;/h13-14,16,18-19H,4-12,15H2,1-3H3,(H,21,22);1H. The third-order valence-electron chi connectivity index (χ3n) is 5.69. The van der Waals surface area contributed by atoms with Gasteiger partial charge in [0, 0.05) is 45.6 Å². The second-order valence-electron chi connectivity index (χ2n) is 7.55. The largest absolute Gasteiger partial charge is 0.378 e. The van der Waals surface area contributed by atoms with Gasteiger partial charge in [-0.05, 0) is 32.1 Å². The first-order chi connectivity index (χ1) is 13.2. The average molecular weight is 505 g/mol. The first kappa shape index (κ1) is 23.4. The Morgan fingerprint density at radius 3 is 2.86 bits per heavy atom. The van der Waals surface area contributed by atoms with Gasteiger partial charge in [-0.1, -0.05) is 12.8 Å². The highest BCUT2D eigenvalue weighted by atomic mass is 127. The molecule has 8 heteroatoms. The predicted molar refractivity (Wildman–Crippen MR) is 122 cm³/mol. The molecule has 0 radical (unpaired) electrons. The molecule has 1 N–H and O–H groups in total. The molecule has 2 fully saturated rings. The molecule has 1 saturated heterocycles. The highest BCUT2D eigenvalue weighted by Gasteiger charge is 2.27. The highest BCUT2D eigenvalue weighted by Crippen LogP contribution is 2.30. The van der Waals surface area contributed by atoms with Crippen molar-refractivity contribution in [2.24, 2.45) is 18.0 Å². The van der Waals surface area contributed by atoms with Crippen LogP contribution < -0.4 is 5.32 Å². The van der Waals surface area contributed by atoms with Crippen molar-refractivity contribution in [2.75, 3.05) is 39.9 Å². The molecule has 3 rings (SSSR count). The lowest BCUT2D eigenvalue weighted by Crippen LogP contribution is -2.48. The molecule has 28 heavy (non-hydrogen) atoms. The number of ether oxygens (including phenoxy) is 2. The molecule has 2 aliphatic rings. The highest BCUT2D eigenvalue weighted by molar-refractivity contribution is 14.0. The lowest BCUT2D eigenvalue weighted by Gasteiger charge is -2.35. The molecular weight excluding hydrogens is 469 g/mol. The van der Waals surface area contributed by atoms with Gasteiger partial charge >= 0.3 is 0 Å². The Balaban J connectivity index is 0.00000280. The minimum absolute atomic E-state index is 0. The van der Waals surface area contributed by atoms with Gasteiger partial charge in [0.1, 0.15) is 6.10 Å². The molecule has 1 aromatic heterocycles. The maximum absolute atomic E-state index is 6.04. The summed E-state index contributed by atoms with van der Waals surface area (Å²) in [6.45, 7) is 6.14. The molecule has 2 atom stereocenters. The predicted octanol–water partition coefficient (Wildman–Crippen LogP) is 2.97. The number of nitrogens with one attached hydrogen (secondary N) is 1. The van der Waals surface area contributed by atoms with Gasteiger partial charge in [0.05, 0.1) is 25.5 Å². The Morgan fingerprint density at radius 2 is 2.21 bits per heavy atom. The van der Waals surface area contributed by atoms with Crippen LogP contribution in [0.3, 0.4) is 0 Å². The van der Waals surface area contributed by atoms with Crippen LogP contribution in [0.15, 0.2) is 17.4 Å². The van der Waals surface area contributed by atoms with Crippen molar-refractivity contribution in [3.63, 3.8) is 0 Å². The summed E-state index contributed by atoms with van der Waals surface area (Å²) in [7, 11) is 3.79. The first-order valence-electron chi connectivity index (χ1n) is 10.4. The van der Waals surface area contributed by atoms with E-state index in [0.29, 0.717) is 12.7 Å². The number of hydrogen-bond donors (Lipinski definition) is 1. The molecule has 160 valence electrons. The monoisotopic (exact) mass is 505 g/mol. The fourth-order valence-electron chi connectivity index (χ4n) is 4.31. The minimum Gasteiger partial charge on any atom is -0.378 e. The van der Waals surface area contributed by atoms with Crippen LogP contribution in [0.2, 0.25) is 0 Å². The van der Waals surface area contributed by atoms with E-state index in [0.717, 1.165) is 50.1 Å². The quantitative estimate of drug-likeness (QED) is 0.351. The molecule has 1 aliphatic carbocycles. The van der Waals surface area contributed by atoms with E-state index in [1.54, 1.807) is 0 Å². The van der Waals surface area contributed by atoms with E-state index in [-0.39, 0.29) is 30.1 Å². The molecule has 0 amide bonds. The van der Waals surface area contributed by atoms with E-state index < -0.39 is 0 Å². The molecule has 0 bridgehead atoms. The molecule has 0 spiro atoms. The third-order valence-corrected chi connectivity index (χ3v) is 5.69. The van der Waals surface area contributed by atoms with Gasteiger partial charge in [0.15, 0.2) is 5.96 Å². The van der Waals surface area contributed by atoms with Crippen molar-refractivity contribution < 1.29 is 9.47 Å². The Kier molecular flexibility index (Phi) is 10.0.